The third-order valence-corrected chi connectivity index (χ3v) is 8.24. The first kappa shape index (κ1) is 30.1. The van der Waals surface area contributed by atoms with Crippen LogP contribution in [-0.2, 0) is 29.0 Å². The van der Waals surface area contributed by atoms with Gasteiger partial charge in [0.15, 0.2) is 6.10 Å². The first-order chi connectivity index (χ1) is 19.6. The van der Waals surface area contributed by atoms with E-state index in [-0.39, 0.29) is 12.7 Å². The second-order valence-corrected chi connectivity index (χ2v) is 11.2. The minimum atomic E-state index is -1.76. The fraction of sp³-hybridized carbons (Fsp3) is 0.588. The number of carbonyl (C=O) groups excluding carboxylic acids is 2. The van der Waals surface area contributed by atoms with Gasteiger partial charge in [0.05, 0.1) is 13.0 Å². The Morgan fingerprint density at radius 3 is 2.05 bits per heavy atom. The Labute approximate surface area is 240 Å². The highest BCUT2D eigenvalue weighted by Gasteiger charge is 2.50. The highest BCUT2D eigenvalue weighted by atomic mass is 16.7. The van der Waals surface area contributed by atoms with Gasteiger partial charge in [-0.3, -0.25) is 0 Å². The molecule has 40 heavy (non-hydrogen) atoms. The van der Waals surface area contributed by atoms with Crippen LogP contribution in [0.5, 0.6) is 0 Å². The Bertz CT molecular complexity index is 978. The normalized spacial score (nSPS) is 20.0. The van der Waals surface area contributed by atoms with E-state index >= 15 is 0 Å². The maximum atomic E-state index is 14.3. The average Bonchev–Trinajstić information content (AvgIpc) is 3.43. The molecule has 2 atom stereocenters. The standard InChI is InChI=1S/C34H47O6/c1-2-3-4-5-6-15-24-37-33(36)39-34(28-18-9-7-10-19-28,29-20-11-8-12-21-29)32(35)38-30-22-13-14-23-31(27-30)40-25-16-17-26-40/h7-12,18-21,30-31H,2-6,13-17,22-27H2,1H3/q+1. The summed E-state index contributed by atoms with van der Waals surface area (Å²) in [6.45, 7) is 4.53. The van der Waals surface area contributed by atoms with E-state index in [1.807, 2.05) is 60.7 Å². The lowest BCUT2D eigenvalue weighted by Crippen LogP contribution is -2.45. The van der Waals surface area contributed by atoms with Gasteiger partial charge in [0.1, 0.15) is 19.3 Å². The molecule has 2 aromatic rings. The van der Waals surface area contributed by atoms with Crippen molar-refractivity contribution in [2.45, 2.75) is 108 Å². The van der Waals surface area contributed by atoms with Gasteiger partial charge in [-0.05, 0) is 25.7 Å². The number of benzene rings is 2. The van der Waals surface area contributed by atoms with Crippen molar-refractivity contribution >= 4 is 12.1 Å². The first-order valence-corrected chi connectivity index (χ1v) is 15.5. The molecular weight excluding hydrogens is 504 g/mol. The maximum Gasteiger partial charge on any atom is 0.510 e. The third-order valence-electron chi connectivity index (χ3n) is 8.24. The number of hydrogen-bond donors (Lipinski definition) is 0. The number of carbonyl (C=O) groups is 2. The zero-order chi connectivity index (χ0) is 28.0. The first-order valence-electron chi connectivity index (χ1n) is 15.5. The van der Waals surface area contributed by atoms with Crippen molar-refractivity contribution in [3.8, 4) is 0 Å². The Morgan fingerprint density at radius 1 is 0.800 bits per heavy atom. The molecule has 2 aromatic carbocycles. The van der Waals surface area contributed by atoms with E-state index in [4.69, 9.17) is 14.2 Å². The quantitative estimate of drug-likeness (QED) is 0.109. The van der Waals surface area contributed by atoms with Gasteiger partial charge in [-0.2, -0.15) is 0 Å². The highest BCUT2D eigenvalue weighted by molar-refractivity contribution is 5.88. The van der Waals surface area contributed by atoms with E-state index in [9.17, 15) is 9.59 Å². The van der Waals surface area contributed by atoms with Crippen molar-refractivity contribution < 1.29 is 28.2 Å². The van der Waals surface area contributed by atoms with E-state index in [0.29, 0.717) is 17.2 Å². The number of unbranched alkanes of at least 4 members (excludes halogenated alkanes) is 5. The summed E-state index contributed by atoms with van der Waals surface area (Å²) < 4.78 is 21.4. The van der Waals surface area contributed by atoms with Crippen LogP contribution in [0.3, 0.4) is 0 Å². The molecule has 0 bridgehead atoms. The lowest BCUT2D eigenvalue weighted by Gasteiger charge is -2.33. The van der Waals surface area contributed by atoms with Crippen molar-refractivity contribution in [1.82, 2.24) is 0 Å². The summed E-state index contributed by atoms with van der Waals surface area (Å²) in [4.78, 5) is 27.5. The van der Waals surface area contributed by atoms with Gasteiger partial charge in [0, 0.05) is 30.4 Å². The van der Waals surface area contributed by atoms with E-state index in [0.717, 1.165) is 64.6 Å². The molecule has 1 saturated carbocycles. The van der Waals surface area contributed by atoms with Crippen molar-refractivity contribution in [2.24, 2.45) is 0 Å². The zero-order valence-electron chi connectivity index (χ0n) is 24.2. The summed E-state index contributed by atoms with van der Waals surface area (Å²) in [5, 5.41) is 0. The van der Waals surface area contributed by atoms with Gasteiger partial charge in [0.2, 0.25) is 0 Å². The molecule has 2 aliphatic rings. The van der Waals surface area contributed by atoms with Gasteiger partial charge in [-0.15, -0.1) is 0 Å². The minimum absolute atomic E-state index is 0.248. The fourth-order valence-corrected chi connectivity index (χ4v) is 6.03. The summed E-state index contributed by atoms with van der Waals surface area (Å²) in [6, 6.07) is 18.4. The molecule has 0 N–H and O–H groups in total. The number of hydrogen-bond acceptors (Lipinski definition) is 5. The molecule has 1 aliphatic heterocycles. The number of rotatable bonds is 13. The predicted octanol–water partition coefficient (Wildman–Crippen LogP) is 8.03. The summed E-state index contributed by atoms with van der Waals surface area (Å²) in [7, 11) is 0. The molecule has 2 fully saturated rings. The van der Waals surface area contributed by atoms with Crippen molar-refractivity contribution in [3.63, 3.8) is 0 Å². The van der Waals surface area contributed by atoms with E-state index in [2.05, 4.69) is 11.3 Å². The van der Waals surface area contributed by atoms with Crippen LogP contribution in [0.1, 0.15) is 102 Å². The Kier molecular flexibility index (Phi) is 11.9. The summed E-state index contributed by atoms with van der Waals surface area (Å²) in [5.74, 6) is -0.571. The smallest absolute Gasteiger partial charge is 0.459 e. The molecule has 0 radical (unpaired) electrons. The average molecular weight is 552 g/mol. The van der Waals surface area contributed by atoms with Crippen LogP contribution < -0.4 is 0 Å². The van der Waals surface area contributed by atoms with Crippen LogP contribution >= 0.6 is 0 Å². The molecule has 2 unspecified atom stereocenters. The summed E-state index contributed by atoms with van der Waals surface area (Å²) in [6.07, 6.45) is 12.9. The van der Waals surface area contributed by atoms with E-state index < -0.39 is 17.7 Å². The van der Waals surface area contributed by atoms with Gasteiger partial charge in [0.25, 0.3) is 5.60 Å². The Balaban J connectivity index is 1.54. The van der Waals surface area contributed by atoms with Crippen LogP contribution in [-0.4, -0.2) is 44.2 Å². The maximum absolute atomic E-state index is 14.3. The van der Waals surface area contributed by atoms with Crippen LogP contribution in [0.25, 0.3) is 0 Å². The summed E-state index contributed by atoms with van der Waals surface area (Å²) in [5.41, 5.74) is -0.674. The molecule has 1 saturated heterocycles. The monoisotopic (exact) mass is 551 g/mol. The lowest BCUT2D eigenvalue weighted by molar-refractivity contribution is -0.187. The topological polar surface area (TPSA) is 64.5 Å². The van der Waals surface area contributed by atoms with Crippen LogP contribution in [0, 0.1) is 0 Å². The molecule has 0 spiro atoms. The van der Waals surface area contributed by atoms with Crippen molar-refractivity contribution in [2.75, 3.05) is 19.8 Å². The zero-order valence-corrected chi connectivity index (χ0v) is 24.2. The third kappa shape index (κ3) is 8.09. The molecule has 6 heteroatoms. The van der Waals surface area contributed by atoms with Gasteiger partial charge >= 0.3 is 12.1 Å². The van der Waals surface area contributed by atoms with Crippen LogP contribution in [0.4, 0.5) is 4.79 Å². The van der Waals surface area contributed by atoms with Gasteiger partial charge < -0.3 is 18.6 Å². The molecule has 218 valence electrons. The molecular formula is C34H47O6+. The molecule has 4 rings (SSSR count). The molecule has 0 amide bonds. The fourth-order valence-electron chi connectivity index (χ4n) is 6.03. The Morgan fingerprint density at radius 2 is 1.40 bits per heavy atom. The second kappa shape index (κ2) is 15.8. The van der Waals surface area contributed by atoms with Crippen LogP contribution in [0.2, 0.25) is 0 Å². The Hall–Kier alpha value is -2.86. The largest absolute Gasteiger partial charge is 0.510 e. The van der Waals surface area contributed by atoms with E-state index in [1.54, 1.807) is 0 Å². The number of ether oxygens (including phenoxy) is 3. The highest BCUT2D eigenvalue weighted by Crippen LogP contribution is 2.38. The van der Waals surface area contributed by atoms with Crippen molar-refractivity contribution in [3.05, 3.63) is 71.8 Å². The second-order valence-electron chi connectivity index (χ2n) is 11.2. The SMILES string of the molecule is CCCCCCCCOC(=O)OC(C(=O)OC1CCCCC([O+]2CCCC2)C1)(c1ccccc1)c1ccccc1. The van der Waals surface area contributed by atoms with Crippen LogP contribution in [0.15, 0.2) is 60.7 Å². The summed E-state index contributed by atoms with van der Waals surface area (Å²) >= 11 is 0. The van der Waals surface area contributed by atoms with Crippen molar-refractivity contribution in [1.29, 1.82) is 0 Å². The predicted molar refractivity (Wildman–Crippen MR) is 156 cm³/mol. The van der Waals surface area contributed by atoms with Gasteiger partial charge in [-0.25, -0.2) is 9.59 Å². The number of esters is 1. The lowest BCUT2D eigenvalue weighted by atomic mass is 9.86. The van der Waals surface area contributed by atoms with Gasteiger partial charge in [-0.1, -0.05) is 99.7 Å². The van der Waals surface area contributed by atoms with E-state index in [1.165, 1.54) is 32.1 Å². The minimum Gasteiger partial charge on any atom is -0.459 e. The molecule has 6 nitrogen and oxygen atoms in total. The molecule has 0 aromatic heterocycles. The molecule has 1 aliphatic carbocycles. The molecule has 1 heterocycles.